The summed E-state index contributed by atoms with van der Waals surface area (Å²) in [6.07, 6.45) is 5.73. The molecule has 1 atom stereocenters. The highest BCUT2D eigenvalue weighted by Gasteiger charge is 2.03. The van der Waals surface area contributed by atoms with Gasteiger partial charge in [0.25, 0.3) is 0 Å². The molecule has 2 heteroatoms. The van der Waals surface area contributed by atoms with Crippen LogP contribution in [0.4, 0.5) is 0 Å². The highest BCUT2D eigenvalue weighted by atomic mass is 32.1. The minimum absolute atomic E-state index is 0.670. The fourth-order valence-electron chi connectivity index (χ4n) is 1.36. The molecule has 11 heavy (non-hydrogen) atoms. The molecule has 0 saturated carbocycles. The largest absolute Gasteiger partial charge is 0.242 e. The van der Waals surface area contributed by atoms with Gasteiger partial charge in [-0.25, -0.2) is 4.98 Å². The maximum atomic E-state index is 4.43. The van der Waals surface area contributed by atoms with Crippen LogP contribution >= 0.6 is 11.3 Å². The number of thiazole rings is 1. The van der Waals surface area contributed by atoms with Crippen LogP contribution in [0.2, 0.25) is 0 Å². The lowest BCUT2D eigenvalue weighted by Crippen LogP contribution is -2.25. The zero-order valence-electron chi connectivity index (χ0n) is 6.79. The molecule has 1 aliphatic carbocycles. The number of rotatable bonds is 0. The molecular formula is C9H11NS. The van der Waals surface area contributed by atoms with Crippen molar-refractivity contribution < 1.29 is 0 Å². The molecule has 0 N–H and O–H groups in total. The summed E-state index contributed by atoms with van der Waals surface area (Å²) in [6, 6.07) is 0. The van der Waals surface area contributed by atoms with E-state index in [1.54, 1.807) is 11.3 Å². The Bertz CT molecular complexity index is 375. The third kappa shape index (κ3) is 1.23. The van der Waals surface area contributed by atoms with E-state index in [1.807, 2.05) is 0 Å². The highest BCUT2D eigenvalue weighted by Crippen LogP contribution is 2.07. The summed E-state index contributed by atoms with van der Waals surface area (Å²) < 4.78 is 1.36. The van der Waals surface area contributed by atoms with Gasteiger partial charge in [-0.1, -0.05) is 19.1 Å². The van der Waals surface area contributed by atoms with Gasteiger partial charge < -0.3 is 0 Å². The quantitative estimate of drug-likeness (QED) is 0.560. The summed E-state index contributed by atoms with van der Waals surface area (Å²) in [4.78, 5) is 4.43. The lowest BCUT2D eigenvalue weighted by atomic mass is 10.0. The zero-order chi connectivity index (χ0) is 7.84. The van der Waals surface area contributed by atoms with Crippen LogP contribution in [0, 0.1) is 12.8 Å². The molecule has 0 fully saturated rings. The molecule has 1 aromatic heterocycles. The molecule has 1 heterocycles. The highest BCUT2D eigenvalue weighted by molar-refractivity contribution is 7.09. The Kier molecular flexibility index (Phi) is 1.57. The second-order valence-corrected chi connectivity index (χ2v) is 4.30. The Morgan fingerprint density at radius 1 is 1.64 bits per heavy atom. The van der Waals surface area contributed by atoms with Crippen molar-refractivity contribution in [2.45, 2.75) is 20.3 Å². The second kappa shape index (κ2) is 2.45. The van der Waals surface area contributed by atoms with Gasteiger partial charge >= 0.3 is 0 Å². The van der Waals surface area contributed by atoms with Crippen molar-refractivity contribution in [3.8, 4) is 0 Å². The maximum absolute atomic E-state index is 4.43. The van der Waals surface area contributed by atoms with E-state index in [0.717, 1.165) is 0 Å². The standard InChI is InChI=1S/C9H11NS/c1-6-3-4-9-8(5-6)10-7(2)11-9/h4-6H,3H2,1-2H3. The first-order chi connectivity index (χ1) is 5.25. The average molecular weight is 165 g/mol. The van der Waals surface area contributed by atoms with Crippen molar-refractivity contribution in [1.29, 1.82) is 0 Å². The Hall–Kier alpha value is -0.630. The van der Waals surface area contributed by atoms with Crippen LogP contribution < -0.4 is 9.88 Å². The van der Waals surface area contributed by atoms with Gasteiger partial charge in [0.15, 0.2) is 0 Å². The van der Waals surface area contributed by atoms with E-state index in [-0.39, 0.29) is 0 Å². The normalized spacial score (nSPS) is 21.8. The predicted molar refractivity (Wildman–Crippen MR) is 48.8 cm³/mol. The molecule has 0 saturated heterocycles. The smallest absolute Gasteiger partial charge is 0.0907 e. The number of aromatic nitrogens is 1. The van der Waals surface area contributed by atoms with Crippen LogP contribution in [0.3, 0.4) is 0 Å². The Morgan fingerprint density at radius 2 is 2.45 bits per heavy atom. The molecule has 0 aromatic carbocycles. The summed E-state index contributed by atoms with van der Waals surface area (Å²) in [6.45, 7) is 4.30. The molecule has 1 aliphatic rings. The SMILES string of the molecule is Cc1nc2c(s1)=CCC(C)C=2. The first kappa shape index (κ1) is 7.04. The number of nitrogens with zero attached hydrogens (tertiary/aromatic N) is 1. The first-order valence-electron chi connectivity index (χ1n) is 3.91. The fraction of sp³-hybridized carbons (Fsp3) is 0.444. The molecule has 0 radical (unpaired) electrons. The summed E-state index contributed by atoms with van der Waals surface area (Å²) in [7, 11) is 0. The van der Waals surface area contributed by atoms with Crippen LogP contribution in [0.1, 0.15) is 18.4 Å². The molecule has 58 valence electrons. The van der Waals surface area contributed by atoms with Gasteiger partial charge in [0, 0.05) is 0 Å². The van der Waals surface area contributed by atoms with Crippen molar-refractivity contribution in [3.63, 3.8) is 0 Å². The summed E-state index contributed by atoms with van der Waals surface area (Å²) >= 11 is 1.79. The van der Waals surface area contributed by atoms with Gasteiger partial charge in [0.05, 0.1) is 14.9 Å². The molecule has 0 amide bonds. The molecule has 2 rings (SSSR count). The van der Waals surface area contributed by atoms with Crippen molar-refractivity contribution in [2.75, 3.05) is 0 Å². The minimum atomic E-state index is 0.670. The third-order valence-corrected chi connectivity index (χ3v) is 2.89. The molecule has 0 bridgehead atoms. The lowest BCUT2D eigenvalue weighted by molar-refractivity contribution is 0.798. The predicted octanol–water partition coefficient (Wildman–Crippen LogP) is 1.05. The summed E-state index contributed by atoms with van der Waals surface area (Å²) in [5, 5.41) is 2.38. The van der Waals surface area contributed by atoms with E-state index in [1.165, 1.54) is 21.3 Å². The third-order valence-electron chi connectivity index (χ3n) is 1.91. The van der Waals surface area contributed by atoms with E-state index < -0.39 is 0 Å². The van der Waals surface area contributed by atoms with Gasteiger partial charge in [-0.05, 0) is 19.3 Å². The molecule has 1 aromatic rings. The van der Waals surface area contributed by atoms with Crippen LogP contribution in [0.25, 0.3) is 12.2 Å². The van der Waals surface area contributed by atoms with Gasteiger partial charge in [-0.15, -0.1) is 11.3 Å². The van der Waals surface area contributed by atoms with Crippen LogP contribution in [-0.2, 0) is 0 Å². The maximum Gasteiger partial charge on any atom is 0.0907 e. The van der Waals surface area contributed by atoms with E-state index >= 15 is 0 Å². The van der Waals surface area contributed by atoms with Crippen LogP contribution in [0.5, 0.6) is 0 Å². The Labute approximate surface area is 70.1 Å². The van der Waals surface area contributed by atoms with Gasteiger partial charge in [-0.3, -0.25) is 0 Å². The van der Waals surface area contributed by atoms with E-state index in [0.29, 0.717) is 5.92 Å². The number of hydrogen-bond acceptors (Lipinski definition) is 2. The zero-order valence-corrected chi connectivity index (χ0v) is 7.61. The summed E-state index contributed by atoms with van der Waals surface area (Å²) in [5.74, 6) is 0.670. The fourth-order valence-corrected chi connectivity index (χ4v) is 2.22. The molecule has 1 nitrogen and oxygen atoms in total. The van der Waals surface area contributed by atoms with E-state index in [4.69, 9.17) is 0 Å². The lowest BCUT2D eigenvalue weighted by Gasteiger charge is -2.02. The van der Waals surface area contributed by atoms with Crippen molar-refractivity contribution in [2.24, 2.45) is 5.92 Å². The minimum Gasteiger partial charge on any atom is -0.242 e. The Morgan fingerprint density at radius 3 is 3.27 bits per heavy atom. The van der Waals surface area contributed by atoms with Crippen LogP contribution in [0.15, 0.2) is 0 Å². The van der Waals surface area contributed by atoms with Gasteiger partial charge in [0.1, 0.15) is 0 Å². The first-order valence-corrected chi connectivity index (χ1v) is 4.73. The molecular weight excluding hydrogens is 154 g/mol. The molecule has 0 spiro atoms. The summed E-state index contributed by atoms with van der Waals surface area (Å²) in [5.41, 5.74) is 0. The topological polar surface area (TPSA) is 12.9 Å². The van der Waals surface area contributed by atoms with E-state index in [9.17, 15) is 0 Å². The van der Waals surface area contributed by atoms with Crippen LogP contribution in [-0.4, -0.2) is 4.98 Å². The number of aryl methyl sites for hydroxylation is 1. The van der Waals surface area contributed by atoms with E-state index in [2.05, 4.69) is 31.0 Å². The van der Waals surface area contributed by atoms with Crippen molar-refractivity contribution in [3.05, 3.63) is 14.9 Å². The Balaban J connectivity index is 2.72. The number of hydrogen-bond donors (Lipinski definition) is 0. The van der Waals surface area contributed by atoms with Gasteiger partial charge in [0.2, 0.25) is 0 Å². The number of fused-ring (bicyclic) bond motifs is 1. The molecule has 0 aliphatic heterocycles. The monoisotopic (exact) mass is 165 g/mol. The van der Waals surface area contributed by atoms with Gasteiger partial charge in [-0.2, -0.15) is 0 Å². The molecule has 1 unspecified atom stereocenters. The average Bonchev–Trinajstić information content (AvgIpc) is 2.27. The second-order valence-electron chi connectivity index (χ2n) is 3.07. The van der Waals surface area contributed by atoms with Crippen molar-refractivity contribution >= 4 is 23.5 Å². The van der Waals surface area contributed by atoms with Crippen molar-refractivity contribution in [1.82, 2.24) is 4.98 Å².